The van der Waals surface area contributed by atoms with E-state index in [1.165, 1.54) is 106 Å². The number of hydrogen-bond donors (Lipinski definition) is 4. The topological polar surface area (TPSA) is 272 Å². The van der Waals surface area contributed by atoms with Crippen LogP contribution in [0.1, 0.15) is 331 Å². The summed E-state index contributed by atoms with van der Waals surface area (Å²) in [6.07, 6.45) is 43.1. The van der Waals surface area contributed by atoms with E-state index in [4.69, 9.17) is 0 Å². The zero-order chi connectivity index (χ0) is 94.7. The molecule has 32 atom stereocenters. The number of halogens is 3. The molecule has 4 N–H and O–H groups in total. The lowest BCUT2D eigenvalue weighted by molar-refractivity contribution is -0.151. The van der Waals surface area contributed by atoms with Crippen molar-refractivity contribution in [3.05, 3.63) is 82.9 Å². The molecule has 0 unspecified atom stereocenters. The number of nitrogens with zero attached hydrogens (tertiary/aromatic N) is 12. The van der Waals surface area contributed by atoms with E-state index in [0.717, 1.165) is 153 Å². The van der Waals surface area contributed by atoms with Crippen molar-refractivity contribution in [3.8, 4) is 0 Å². The summed E-state index contributed by atoms with van der Waals surface area (Å²) >= 11 is 0. The molecule has 16 aliphatic carbocycles. The number of aryl methyl sites for hydroxylation is 3. The van der Waals surface area contributed by atoms with Gasteiger partial charge in [-0.2, -0.15) is 24.9 Å². The highest BCUT2D eigenvalue weighted by Gasteiger charge is 2.68. The van der Waals surface area contributed by atoms with Crippen LogP contribution in [0.5, 0.6) is 0 Å². The molecular weight excluding hydrogens is 1690 g/mol. The summed E-state index contributed by atoms with van der Waals surface area (Å²) in [5.41, 5.74) is 3.75. The molecule has 0 aliphatic heterocycles. The Kier molecular flexibility index (Phi) is 24.1. The lowest BCUT2D eigenvalue weighted by Crippen LogP contribution is -2.55. The zero-order valence-corrected chi connectivity index (χ0v) is 83.4. The highest BCUT2D eigenvalue weighted by Crippen LogP contribution is 2.74. The van der Waals surface area contributed by atoms with Gasteiger partial charge in [0.25, 0.3) is 0 Å². The van der Waals surface area contributed by atoms with Gasteiger partial charge in [-0.1, -0.05) is 84.0 Å². The van der Waals surface area contributed by atoms with Gasteiger partial charge in [0.2, 0.25) is 0 Å². The van der Waals surface area contributed by atoms with Crippen LogP contribution in [0, 0.1) is 200 Å². The number of carbonyl (C=O) groups is 4. The number of rotatable bonds is 12. The van der Waals surface area contributed by atoms with Gasteiger partial charge in [0.05, 0.1) is 40.3 Å². The molecule has 16 fully saturated rings. The summed E-state index contributed by atoms with van der Waals surface area (Å²) < 4.78 is 46.9. The predicted molar refractivity (Wildman–Crippen MR) is 510 cm³/mol. The molecule has 3 aromatic carbocycles. The van der Waals surface area contributed by atoms with E-state index >= 15 is 0 Å². The molecule has 730 valence electrons. The van der Waals surface area contributed by atoms with Gasteiger partial charge in [-0.25, -0.2) is 22.5 Å². The first-order chi connectivity index (χ1) is 63.3. The Balaban J connectivity index is 0.000000111. The van der Waals surface area contributed by atoms with E-state index < -0.39 is 22.4 Å². The standard InChI is InChI=1S/3C29H40FN3O2.C24H37N3O2/c1-17-5-10-23-26(25(17)30)31-32-33(23)16-24(34)22-9-8-20-19-7-6-18-15-27(2,35)13-14-28(18,3)21(19)11-12-29(20,22)4;1-17-5-10-23-26(25(17)30)33(32-31-23)16-24(34)22-9-8-20-19-7-6-18-15-27(2,35)13-14-28(18,3)21(19)11-12-29(20,22)4;1-17-5-10-23-26(25(17)30)32-33(31-23)16-24(34)22-9-8-20-19-7-6-18-15-27(2,35)13-14-28(18,3)21(19)11-12-29(20,22)4;1-22(29)10-11-23(2)16(14-22)4-5-17-18-6-7-20(24(18,3)9-8-19(17)23)21(28)15-27-25-12-13-26-27/h3*5,10,18-22,35H,6-9,11-16H2,1-4H3;12-13,16-20,29H,4-11,14-15H2,1-3H3/t3*18-,19+,20+,21+,22-,27-,28+,29+;16-,17+,18+,19+,20-,22-,23+,24+/m1111/s1. The average Bonchev–Trinajstić information content (AvgIpc) is 1.41. The Morgan fingerprint density at radius 1 is 0.321 bits per heavy atom. The second-order valence-corrected chi connectivity index (χ2v) is 51.5. The fourth-order valence-corrected chi connectivity index (χ4v) is 36.8. The average molecular weight is 1840 g/mol. The molecule has 16 saturated carbocycles. The van der Waals surface area contributed by atoms with Crippen molar-refractivity contribution >= 4 is 56.2 Å². The number of benzene rings is 3. The number of fused-ring (bicyclic) bond motifs is 23. The van der Waals surface area contributed by atoms with Crippen LogP contribution in [0.25, 0.3) is 33.1 Å². The normalized spacial score (nSPS) is 44.3. The highest BCUT2D eigenvalue weighted by molar-refractivity contribution is 5.86. The second-order valence-electron chi connectivity index (χ2n) is 51.5. The minimum atomic E-state index is -0.505. The molecule has 4 aromatic heterocycles. The quantitative estimate of drug-likeness (QED) is 0.0885. The van der Waals surface area contributed by atoms with E-state index in [-0.39, 0.29) is 111 Å². The summed E-state index contributed by atoms with van der Waals surface area (Å²) in [5, 5.41) is 76.4. The van der Waals surface area contributed by atoms with Crippen molar-refractivity contribution in [1.82, 2.24) is 60.0 Å². The van der Waals surface area contributed by atoms with Crippen LogP contribution in [0.2, 0.25) is 0 Å². The van der Waals surface area contributed by atoms with E-state index in [1.54, 1.807) is 73.0 Å². The number of aliphatic hydroxyl groups is 4. The lowest BCUT2D eigenvalue weighted by Gasteiger charge is -2.61. The Morgan fingerprint density at radius 3 is 1.01 bits per heavy atom. The molecule has 4 heterocycles. The Hall–Kier alpha value is -6.69. The molecule has 7 aromatic rings. The first kappa shape index (κ1) is 94.9. The van der Waals surface area contributed by atoms with Gasteiger partial charge in [0.1, 0.15) is 53.8 Å². The first-order valence-corrected chi connectivity index (χ1v) is 53.1. The van der Waals surface area contributed by atoms with Crippen molar-refractivity contribution in [2.24, 2.45) is 162 Å². The molecule has 20 nitrogen and oxygen atoms in total. The van der Waals surface area contributed by atoms with Crippen LogP contribution in [-0.2, 0) is 45.4 Å². The molecule has 0 saturated heterocycles. The summed E-state index contributed by atoms with van der Waals surface area (Å²) in [4.78, 5) is 57.1. The molecule has 0 radical (unpaired) electrons. The molecule has 0 bridgehead atoms. The van der Waals surface area contributed by atoms with E-state index in [1.807, 2.05) is 33.8 Å². The maximum Gasteiger partial charge on any atom is 0.159 e. The van der Waals surface area contributed by atoms with Crippen LogP contribution < -0.4 is 0 Å². The third-order valence-electron chi connectivity index (χ3n) is 44.4. The second kappa shape index (κ2) is 34.1. The Morgan fingerprint density at radius 2 is 0.634 bits per heavy atom. The predicted octanol–water partition coefficient (Wildman–Crippen LogP) is 21.8. The van der Waals surface area contributed by atoms with Crippen molar-refractivity contribution < 1.29 is 52.8 Å². The molecule has 0 amide bonds. The van der Waals surface area contributed by atoms with E-state index in [9.17, 15) is 52.8 Å². The Bertz CT molecular complexity index is 5620. The van der Waals surface area contributed by atoms with Gasteiger partial charge in [-0.15, -0.1) is 15.3 Å². The molecule has 23 rings (SSSR count). The molecule has 23 heteroatoms. The highest BCUT2D eigenvalue weighted by atomic mass is 19.1. The molecule has 134 heavy (non-hydrogen) atoms. The van der Waals surface area contributed by atoms with Crippen molar-refractivity contribution in [2.45, 2.75) is 384 Å². The largest absolute Gasteiger partial charge is 0.390 e. The van der Waals surface area contributed by atoms with Gasteiger partial charge >= 0.3 is 0 Å². The van der Waals surface area contributed by atoms with Gasteiger partial charge in [0, 0.05) is 23.7 Å². The summed E-state index contributed by atoms with van der Waals surface area (Å²) in [7, 11) is 0. The van der Waals surface area contributed by atoms with Crippen LogP contribution in [0.15, 0.2) is 48.8 Å². The van der Waals surface area contributed by atoms with Crippen LogP contribution in [0.4, 0.5) is 13.2 Å². The van der Waals surface area contributed by atoms with Crippen LogP contribution >= 0.6 is 0 Å². The van der Waals surface area contributed by atoms with Gasteiger partial charge in [0.15, 0.2) is 40.6 Å². The number of Topliss-reactive ketones (excluding diaryl/α,β-unsaturated/α-hetero) is 4. The number of aromatic nitrogens is 12. The SMILES string of the molecule is C[C@@]1(O)CC[C@@]2(C)[C@H](CC[C@@H]3[C@@H]2CC[C@]2(C)[C@@H](C(=O)Cn4nccn4)CC[C@@H]32)C1.Cc1ccc2c(nnn2CC(=O)[C@H]2CC[C@H]3[C@@H]4CC[C@@H]5C[C@](C)(O)CC[C@]5(C)[C@H]4CC[C@]23C)c1F.Cc1ccc2nn(CC(=O)[C@H]3CC[C@H]4[C@@H]5CC[C@@H]6C[C@](C)(O)CC[C@]6(C)[C@H]5CC[C@]34C)nc2c1F.Cc1ccc2nnn(CC(=O)[C@H]3CC[C@H]4[C@@H]5CC[C@@H]6C[C@](C)(O)CC[C@]6(C)[C@H]5CC[C@]34C)c2c1F. The van der Waals surface area contributed by atoms with Crippen LogP contribution in [0.3, 0.4) is 0 Å². The zero-order valence-electron chi connectivity index (χ0n) is 83.4. The first-order valence-electron chi connectivity index (χ1n) is 53.1. The molecule has 0 spiro atoms. The number of ketones is 4. The van der Waals surface area contributed by atoms with Crippen LogP contribution in [-0.4, -0.2) is 126 Å². The summed E-state index contributed by atoms with van der Waals surface area (Å²) in [5.74, 6) is 10.9. The smallest absolute Gasteiger partial charge is 0.159 e. The third kappa shape index (κ3) is 15.9. The molecule has 16 aliphatic rings. The van der Waals surface area contributed by atoms with Gasteiger partial charge < -0.3 is 20.4 Å². The van der Waals surface area contributed by atoms with Gasteiger partial charge in [-0.3, -0.25) is 19.2 Å². The number of carbonyl (C=O) groups excluding carboxylic acids is 4. The monoisotopic (exact) mass is 1840 g/mol. The Labute approximate surface area is 792 Å². The molecular formula is C111H157F3N12O8. The van der Waals surface area contributed by atoms with Crippen molar-refractivity contribution in [2.75, 3.05) is 0 Å². The lowest BCUT2D eigenvalue weighted by atomic mass is 9.44. The minimum Gasteiger partial charge on any atom is -0.390 e. The minimum absolute atomic E-state index is 0.0122. The fraction of sp³-hybridized carbons (Fsp3) is 0.784. The summed E-state index contributed by atoms with van der Waals surface area (Å²) in [6.45, 7) is 33.6. The maximum atomic E-state index is 14.8. The van der Waals surface area contributed by atoms with E-state index in [2.05, 4.69) is 96.4 Å². The maximum absolute atomic E-state index is 14.8. The van der Waals surface area contributed by atoms with Crippen molar-refractivity contribution in [3.63, 3.8) is 0 Å². The number of hydrogen-bond acceptors (Lipinski definition) is 16. The third-order valence-corrected chi connectivity index (χ3v) is 44.4. The van der Waals surface area contributed by atoms with Gasteiger partial charge in [-0.05, 0) is 453 Å². The fourth-order valence-electron chi connectivity index (χ4n) is 36.8. The summed E-state index contributed by atoms with van der Waals surface area (Å²) in [6, 6.07) is 10.5. The van der Waals surface area contributed by atoms with E-state index in [0.29, 0.717) is 150 Å². The van der Waals surface area contributed by atoms with Crippen molar-refractivity contribution in [1.29, 1.82) is 0 Å².